The van der Waals surface area contributed by atoms with Gasteiger partial charge in [-0.3, -0.25) is 0 Å². The van der Waals surface area contributed by atoms with Gasteiger partial charge in [0.25, 0.3) is 0 Å². The number of hydrogen-bond acceptors (Lipinski definition) is 6. The standard InChI is InChI=1S/2C4H8O2S2.2C3H7.Sn/c2*5-8(6)2-1-4(7)3-8;2*1-3-2;/h2*4,7H,1-3H2;2*1,3H2,2H3;/q;;;;+2/p-2. The van der Waals surface area contributed by atoms with E-state index in [0.29, 0.717) is 24.3 Å². The predicted molar refractivity (Wildman–Crippen MR) is 105 cm³/mol. The SMILES string of the molecule is CC[CH2][Sn+2][CH2]CC.O=S1(=O)CCC([S-])C1.O=S1(=O)CCC([S-])C1. The van der Waals surface area contributed by atoms with E-state index in [4.69, 9.17) is 25.3 Å². The van der Waals surface area contributed by atoms with Crippen molar-refractivity contribution in [2.45, 2.75) is 58.9 Å². The second-order valence-corrected chi connectivity index (χ2v) is 15.9. The molecule has 0 aromatic heterocycles. The summed E-state index contributed by atoms with van der Waals surface area (Å²) in [5.41, 5.74) is 0. The van der Waals surface area contributed by atoms with Crippen molar-refractivity contribution in [3.8, 4) is 0 Å². The summed E-state index contributed by atoms with van der Waals surface area (Å²) in [5.74, 6) is 1.06. The summed E-state index contributed by atoms with van der Waals surface area (Å²) in [6.07, 6.45) is 4.23. The Bertz CT molecular complexity index is 459. The number of hydrogen-bond donors (Lipinski definition) is 0. The Morgan fingerprint density at radius 3 is 1.30 bits per heavy atom. The van der Waals surface area contributed by atoms with Gasteiger partial charge in [0.15, 0.2) is 0 Å². The van der Waals surface area contributed by atoms with Crippen molar-refractivity contribution in [2.24, 2.45) is 0 Å². The van der Waals surface area contributed by atoms with Crippen molar-refractivity contribution in [1.29, 1.82) is 0 Å². The Labute approximate surface area is 163 Å². The van der Waals surface area contributed by atoms with Crippen LogP contribution in [0.4, 0.5) is 0 Å². The molecule has 2 rings (SSSR count). The van der Waals surface area contributed by atoms with Gasteiger partial charge < -0.3 is 25.3 Å². The van der Waals surface area contributed by atoms with E-state index in [1.54, 1.807) is 8.87 Å². The molecule has 2 unspecified atom stereocenters. The summed E-state index contributed by atoms with van der Waals surface area (Å²) in [7, 11) is -5.40. The number of rotatable bonds is 4. The third-order valence-corrected chi connectivity index (χ3v) is 12.9. The fourth-order valence-electron chi connectivity index (χ4n) is 2.00. The molecule has 2 heterocycles. The first-order valence-corrected chi connectivity index (χ1v) is 16.7. The molecule has 0 aromatic rings. The smallest absolute Gasteiger partial charge is 0.148 e. The summed E-state index contributed by atoms with van der Waals surface area (Å²) in [4.78, 5) is 0. The first kappa shape index (κ1) is 24.4. The molecule has 0 N–H and O–H groups in total. The van der Waals surface area contributed by atoms with E-state index in [9.17, 15) is 16.8 Å². The molecule has 2 aliphatic heterocycles. The monoisotopic (exact) mass is 508 g/mol. The zero-order chi connectivity index (χ0) is 17.9. The molecule has 23 heavy (non-hydrogen) atoms. The molecule has 2 atom stereocenters. The zero-order valence-corrected chi connectivity index (χ0v) is 20.1. The van der Waals surface area contributed by atoms with Crippen molar-refractivity contribution in [1.82, 2.24) is 0 Å². The molecule has 4 nitrogen and oxygen atoms in total. The molecule has 0 amide bonds. The Balaban J connectivity index is 0.000000317. The van der Waals surface area contributed by atoms with Crippen molar-refractivity contribution >= 4 is 66.1 Å². The molecular formula is C14H28O4S4Sn. The number of sulfone groups is 2. The molecule has 0 aliphatic carbocycles. The van der Waals surface area contributed by atoms with E-state index in [1.807, 2.05) is 0 Å². The topological polar surface area (TPSA) is 68.3 Å². The molecular weight excluding hydrogens is 479 g/mol. The van der Waals surface area contributed by atoms with Gasteiger partial charge in [-0.2, -0.15) is 0 Å². The van der Waals surface area contributed by atoms with Crippen LogP contribution in [0.25, 0.3) is 0 Å². The second-order valence-electron chi connectivity index (χ2n) is 5.80. The minimum absolute atomic E-state index is 0.0139. The molecule has 2 aliphatic rings. The van der Waals surface area contributed by atoms with Crippen LogP contribution in [0.3, 0.4) is 0 Å². The molecule has 0 radical (unpaired) electrons. The molecule has 0 saturated carbocycles. The van der Waals surface area contributed by atoms with E-state index in [0.717, 1.165) is 0 Å². The molecule has 136 valence electrons. The van der Waals surface area contributed by atoms with Gasteiger partial charge in [0.2, 0.25) is 0 Å². The van der Waals surface area contributed by atoms with Crippen LogP contribution in [0.15, 0.2) is 0 Å². The van der Waals surface area contributed by atoms with Gasteiger partial charge in [-0.15, -0.1) is 10.5 Å². The summed E-state index contributed by atoms with van der Waals surface area (Å²) in [6.45, 7) is 4.58. The predicted octanol–water partition coefficient (Wildman–Crippen LogP) is 1.79. The van der Waals surface area contributed by atoms with Crippen LogP contribution < -0.4 is 0 Å². The van der Waals surface area contributed by atoms with Crippen LogP contribution in [-0.2, 0) is 44.9 Å². The van der Waals surface area contributed by atoms with Gasteiger partial charge >= 0.3 is 56.7 Å². The van der Waals surface area contributed by atoms with E-state index in [2.05, 4.69) is 13.8 Å². The van der Waals surface area contributed by atoms with Gasteiger partial charge in [0.1, 0.15) is 19.7 Å². The van der Waals surface area contributed by atoms with E-state index >= 15 is 0 Å². The van der Waals surface area contributed by atoms with Crippen molar-refractivity contribution in [2.75, 3.05) is 23.0 Å². The maximum atomic E-state index is 10.6. The summed E-state index contributed by atoms with van der Waals surface area (Å²) in [5, 5.41) is -0.0278. The van der Waals surface area contributed by atoms with E-state index < -0.39 is 19.7 Å². The zero-order valence-electron chi connectivity index (χ0n) is 14.0. The van der Waals surface area contributed by atoms with Gasteiger partial charge in [-0.05, 0) is 0 Å². The van der Waals surface area contributed by atoms with Crippen LogP contribution in [-0.4, -0.2) is 71.5 Å². The average molecular weight is 507 g/mol. The van der Waals surface area contributed by atoms with E-state index in [-0.39, 0.29) is 43.1 Å². The van der Waals surface area contributed by atoms with Gasteiger partial charge in [-0.25, -0.2) is 16.8 Å². The van der Waals surface area contributed by atoms with Gasteiger partial charge in [0, 0.05) is 23.0 Å². The maximum absolute atomic E-state index is 10.6. The molecule has 2 saturated heterocycles. The summed E-state index contributed by atoms with van der Waals surface area (Å²) in [6, 6.07) is 0. The minimum Gasteiger partial charge on any atom is -0.788 e. The molecule has 2 fully saturated rings. The molecule has 0 spiro atoms. The first-order chi connectivity index (χ1) is 10.6. The Morgan fingerprint density at radius 2 is 1.17 bits per heavy atom. The normalized spacial score (nSPS) is 27.1. The molecule has 0 bridgehead atoms. The van der Waals surface area contributed by atoms with Crippen LogP contribution >= 0.6 is 0 Å². The fraction of sp³-hybridized carbons (Fsp3) is 1.00. The first-order valence-electron chi connectivity index (χ1n) is 8.05. The summed E-state index contributed by atoms with van der Waals surface area (Å²) >= 11 is 9.73. The van der Waals surface area contributed by atoms with Crippen LogP contribution in [0.5, 0.6) is 0 Å². The summed E-state index contributed by atoms with van der Waals surface area (Å²) < 4.78 is 45.5. The molecule has 0 aromatic carbocycles. The third-order valence-electron chi connectivity index (χ3n) is 3.23. The quantitative estimate of drug-likeness (QED) is 0.329. The van der Waals surface area contributed by atoms with Crippen LogP contribution in [0, 0.1) is 0 Å². The van der Waals surface area contributed by atoms with Crippen molar-refractivity contribution in [3.05, 3.63) is 0 Å². The maximum Gasteiger partial charge on any atom is 0.148 e. The third kappa shape index (κ3) is 14.3. The largest absolute Gasteiger partial charge is 0.788 e. The van der Waals surface area contributed by atoms with Crippen molar-refractivity contribution < 1.29 is 16.8 Å². The minimum atomic E-state index is -2.70. The van der Waals surface area contributed by atoms with Crippen LogP contribution in [0.1, 0.15) is 39.5 Å². The Morgan fingerprint density at radius 1 is 0.826 bits per heavy atom. The second kappa shape index (κ2) is 12.7. The average Bonchev–Trinajstić information content (AvgIpc) is 2.92. The molecule has 9 heteroatoms. The van der Waals surface area contributed by atoms with Crippen LogP contribution in [0.2, 0.25) is 8.87 Å². The van der Waals surface area contributed by atoms with Crippen molar-refractivity contribution in [3.63, 3.8) is 0 Å². The Kier molecular flexibility index (Phi) is 13.5. The van der Waals surface area contributed by atoms with Gasteiger partial charge in [-0.1, -0.05) is 12.8 Å². The Hall–Kier alpha value is 1.40. The van der Waals surface area contributed by atoms with Gasteiger partial charge in [0.05, 0.1) is 0 Å². The van der Waals surface area contributed by atoms with E-state index in [1.165, 1.54) is 12.8 Å². The fourth-order valence-corrected chi connectivity index (χ4v) is 9.60.